The van der Waals surface area contributed by atoms with Gasteiger partial charge in [0, 0.05) is 12.6 Å². The molecule has 0 saturated carbocycles. The zero-order valence-electron chi connectivity index (χ0n) is 10.4. The fourth-order valence-electron chi connectivity index (χ4n) is 1.39. The molecule has 0 radical (unpaired) electrons. The second-order valence-electron chi connectivity index (χ2n) is 3.51. The fourth-order valence-corrected chi connectivity index (χ4v) is 1.39. The average Bonchev–Trinajstić information content (AvgIpc) is 2.39. The molecule has 0 saturated heterocycles. The van der Waals surface area contributed by atoms with Crippen molar-refractivity contribution in [1.82, 2.24) is 0 Å². The summed E-state index contributed by atoms with van der Waals surface area (Å²) in [6, 6.07) is 1.93. The SMILES string of the molecule is COC(=O)CCNc1cc(OC)c(F)cc1[N+](=O)[O-]. The van der Waals surface area contributed by atoms with E-state index in [1.165, 1.54) is 20.3 Å². The molecule has 7 nitrogen and oxygen atoms in total. The van der Waals surface area contributed by atoms with Crippen molar-refractivity contribution in [3.05, 3.63) is 28.1 Å². The van der Waals surface area contributed by atoms with Gasteiger partial charge < -0.3 is 14.8 Å². The Morgan fingerprint density at radius 1 is 1.47 bits per heavy atom. The topological polar surface area (TPSA) is 90.7 Å². The number of nitrogens with zero attached hydrogens (tertiary/aromatic N) is 1. The summed E-state index contributed by atoms with van der Waals surface area (Å²) >= 11 is 0. The Kier molecular flexibility index (Phi) is 5.04. The maximum Gasteiger partial charge on any atom is 0.307 e. The molecule has 0 aromatic heterocycles. The van der Waals surface area contributed by atoms with Crippen molar-refractivity contribution < 1.29 is 23.6 Å². The largest absolute Gasteiger partial charge is 0.494 e. The number of esters is 1. The molecule has 0 amide bonds. The molecule has 19 heavy (non-hydrogen) atoms. The number of methoxy groups -OCH3 is 2. The van der Waals surface area contributed by atoms with E-state index in [9.17, 15) is 19.3 Å². The van der Waals surface area contributed by atoms with Crippen molar-refractivity contribution in [2.45, 2.75) is 6.42 Å². The minimum absolute atomic E-state index is 0.0351. The van der Waals surface area contributed by atoms with Crippen LogP contribution >= 0.6 is 0 Å². The minimum atomic E-state index is -0.826. The van der Waals surface area contributed by atoms with Gasteiger partial charge in [0.25, 0.3) is 5.69 Å². The summed E-state index contributed by atoms with van der Waals surface area (Å²) in [5, 5.41) is 13.5. The summed E-state index contributed by atoms with van der Waals surface area (Å²) in [6.45, 7) is 0.127. The lowest BCUT2D eigenvalue weighted by Crippen LogP contribution is -2.11. The van der Waals surface area contributed by atoms with E-state index in [0.717, 1.165) is 6.07 Å². The number of nitro benzene ring substituents is 1. The summed E-state index contributed by atoms with van der Waals surface area (Å²) in [5.74, 6) is -1.40. The van der Waals surface area contributed by atoms with Gasteiger partial charge in [-0.25, -0.2) is 4.39 Å². The molecule has 0 atom stereocenters. The van der Waals surface area contributed by atoms with Gasteiger partial charge in [0.05, 0.1) is 31.6 Å². The quantitative estimate of drug-likeness (QED) is 0.481. The molecule has 1 N–H and O–H groups in total. The van der Waals surface area contributed by atoms with E-state index < -0.39 is 22.4 Å². The average molecular weight is 272 g/mol. The second-order valence-corrected chi connectivity index (χ2v) is 3.51. The predicted octanol–water partition coefficient (Wildman–Crippen LogP) is 1.72. The number of benzene rings is 1. The molecule has 1 aromatic carbocycles. The van der Waals surface area contributed by atoms with E-state index in [2.05, 4.69) is 10.1 Å². The third-order valence-electron chi connectivity index (χ3n) is 2.34. The first-order valence-electron chi connectivity index (χ1n) is 5.32. The molecule has 0 unspecified atom stereocenters. The van der Waals surface area contributed by atoms with Gasteiger partial charge >= 0.3 is 5.97 Å². The van der Waals surface area contributed by atoms with Gasteiger partial charge in [-0.05, 0) is 0 Å². The van der Waals surface area contributed by atoms with Gasteiger partial charge in [-0.1, -0.05) is 0 Å². The number of anilines is 1. The van der Waals surface area contributed by atoms with E-state index in [1.807, 2.05) is 0 Å². The first-order valence-corrected chi connectivity index (χ1v) is 5.32. The number of ether oxygens (including phenoxy) is 2. The first-order chi connectivity index (χ1) is 8.99. The van der Waals surface area contributed by atoms with Gasteiger partial charge in [0.2, 0.25) is 0 Å². The maximum absolute atomic E-state index is 13.4. The molecule has 8 heteroatoms. The Bertz CT molecular complexity index is 492. The van der Waals surface area contributed by atoms with Crippen LogP contribution in [0.15, 0.2) is 12.1 Å². The van der Waals surface area contributed by atoms with Gasteiger partial charge in [-0.2, -0.15) is 0 Å². The van der Waals surface area contributed by atoms with E-state index in [0.29, 0.717) is 0 Å². The third-order valence-corrected chi connectivity index (χ3v) is 2.34. The molecule has 0 heterocycles. The normalized spacial score (nSPS) is 9.84. The number of rotatable bonds is 6. The molecule has 1 rings (SSSR count). The molecule has 1 aromatic rings. The van der Waals surface area contributed by atoms with Gasteiger partial charge in [-0.3, -0.25) is 14.9 Å². The van der Waals surface area contributed by atoms with Crippen LogP contribution in [-0.2, 0) is 9.53 Å². The number of carbonyl (C=O) groups excluding carboxylic acids is 1. The fraction of sp³-hybridized carbons (Fsp3) is 0.364. The molecule has 0 aliphatic carbocycles. The Hall–Kier alpha value is -2.38. The highest BCUT2D eigenvalue weighted by molar-refractivity contribution is 5.71. The molecule has 0 spiro atoms. The molecular weight excluding hydrogens is 259 g/mol. The molecular formula is C11H13FN2O5. The van der Waals surface area contributed by atoms with Crippen molar-refractivity contribution in [3.63, 3.8) is 0 Å². The van der Waals surface area contributed by atoms with Gasteiger partial charge in [-0.15, -0.1) is 0 Å². The first kappa shape index (κ1) is 14.7. The number of halogens is 1. The lowest BCUT2D eigenvalue weighted by atomic mass is 10.2. The van der Waals surface area contributed by atoms with Crippen LogP contribution in [-0.4, -0.2) is 31.7 Å². The van der Waals surface area contributed by atoms with Crippen LogP contribution in [0.1, 0.15) is 6.42 Å². The van der Waals surface area contributed by atoms with Gasteiger partial charge in [0.15, 0.2) is 11.6 Å². The van der Waals surface area contributed by atoms with Crippen molar-refractivity contribution in [3.8, 4) is 5.75 Å². The van der Waals surface area contributed by atoms with E-state index in [4.69, 9.17) is 4.74 Å². The zero-order valence-corrected chi connectivity index (χ0v) is 10.4. The standard InChI is InChI=1S/C11H13FN2O5/c1-18-10-6-8(13-4-3-11(15)19-2)9(14(16)17)5-7(10)12/h5-6,13H,3-4H2,1-2H3. The summed E-state index contributed by atoms with van der Waals surface area (Å²) in [6.07, 6.45) is 0.0351. The highest BCUT2D eigenvalue weighted by atomic mass is 19.1. The lowest BCUT2D eigenvalue weighted by molar-refractivity contribution is -0.384. The van der Waals surface area contributed by atoms with Crippen LogP contribution in [0.3, 0.4) is 0 Å². The Morgan fingerprint density at radius 2 is 2.16 bits per heavy atom. The summed E-state index contributed by atoms with van der Waals surface area (Å²) in [5.41, 5.74) is -0.352. The summed E-state index contributed by atoms with van der Waals surface area (Å²) in [7, 11) is 2.49. The Morgan fingerprint density at radius 3 is 2.68 bits per heavy atom. The van der Waals surface area contributed by atoms with Crippen molar-refractivity contribution >= 4 is 17.3 Å². The van der Waals surface area contributed by atoms with Crippen molar-refractivity contribution in [2.75, 3.05) is 26.1 Å². The van der Waals surface area contributed by atoms with Crippen LogP contribution in [0.5, 0.6) is 5.75 Å². The maximum atomic E-state index is 13.4. The van der Waals surface area contributed by atoms with E-state index in [1.54, 1.807) is 0 Å². The monoisotopic (exact) mass is 272 g/mol. The van der Waals surface area contributed by atoms with Crippen molar-refractivity contribution in [2.24, 2.45) is 0 Å². The highest BCUT2D eigenvalue weighted by Gasteiger charge is 2.18. The molecule has 0 aliphatic heterocycles. The number of nitro groups is 1. The Balaban J connectivity index is 2.90. The van der Waals surface area contributed by atoms with Crippen LogP contribution in [0.25, 0.3) is 0 Å². The van der Waals surface area contributed by atoms with Crippen molar-refractivity contribution in [1.29, 1.82) is 0 Å². The molecule has 0 fully saturated rings. The smallest absolute Gasteiger partial charge is 0.307 e. The van der Waals surface area contributed by atoms with E-state index >= 15 is 0 Å². The van der Waals surface area contributed by atoms with Crippen LogP contribution in [0.2, 0.25) is 0 Å². The second kappa shape index (κ2) is 6.53. The third kappa shape index (κ3) is 3.80. The Labute approximate surface area is 108 Å². The highest BCUT2D eigenvalue weighted by Crippen LogP contribution is 2.31. The van der Waals surface area contributed by atoms with E-state index in [-0.39, 0.29) is 24.4 Å². The number of nitrogens with one attached hydrogen (secondary N) is 1. The summed E-state index contributed by atoms with van der Waals surface area (Å²) < 4.78 is 22.5. The molecule has 0 aliphatic rings. The number of carbonyl (C=O) groups is 1. The summed E-state index contributed by atoms with van der Waals surface area (Å²) in [4.78, 5) is 21.0. The predicted molar refractivity (Wildman–Crippen MR) is 64.7 cm³/mol. The van der Waals surface area contributed by atoms with Gasteiger partial charge in [0.1, 0.15) is 5.69 Å². The molecule has 104 valence electrons. The zero-order chi connectivity index (χ0) is 14.4. The van der Waals surface area contributed by atoms with Crippen LogP contribution in [0, 0.1) is 15.9 Å². The number of hydrogen-bond acceptors (Lipinski definition) is 6. The molecule has 0 bridgehead atoms. The minimum Gasteiger partial charge on any atom is -0.494 e. The van der Waals surface area contributed by atoms with Crippen LogP contribution in [0.4, 0.5) is 15.8 Å². The van der Waals surface area contributed by atoms with Crippen LogP contribution < -0.4 is 10.1 Å². The number of hydrogen-bond donors (Lipinski definition) is 1. The lowest BCUT2D eigenvalue weighted by Gasteiger charge is -2.09.